The standard InChI is InChI=1S/C64H87N7O12/c1-51-22-25-57(26-23-51)64(55-17-9-5-10-18-55,56-19-11-6-12-20-56)66-29-14-13-21-59(62(73)69-58-27-24-52(2)49-53(58)3)70-63(74)60(50-54-15-7-4-8-16-54)68-61(72)28-31-75-33-35-77-37-39-79-41-43-81-45-47-83-48-46-82-44-42-80-40-38-78-36-34-76-32-30-67-71-65/h4-12,15-20,22-27,49,59-60,66H,13-14,21,28-48,50H2,1-3H3,(H,68,72)(H,69,73)(H,70,74)/t59-,60-/m0/s1. The highest BCUT2D eigenvalue weighted by Crippen LogP contribution is 2.37. The van der Waals surface area contributed by atoms with Crippen molar-refractivity contribution in [1.29, 1.82) is 0 Å². The summed E-state index contributed by atoms with van der Waals surface area (Å²) in [7, 11) is 0. The van der Waals surface area contributed by atoms with Crippen molar-refractivity contribution in [1.82, 2.24) is 16.0 Å². The Morgan fingerprint density at radius 3 is 1.42 bits per heavy atom. The molecule has 0 radical (unpaired) electrons. The molecule has 0 heterocycles. The average Bonchev–Trinajstić information content (AvgIpc) is 2.74. The number of aryl methyl sites for hydroxylation is 3. The zero-order chi connectivity index (χ0) is 58.8. The Balaban J connectivity index is 0.995. The smallest absolute Gasteiger partial charge is 0.246 e. The van der Waals surface area contributed by atoms with E-state index in [0.717, 1.165) is 33.4 Å². The van der Waals surface area contributed by atoms with Crippen LogP contribution in [0.3, 0.4) is 0 Å². The zero-order valence-corrected chi connectivity index (χ0v) is 48.8. The van der Waals surface area contributed by atoms with Gasteiger partial charge in [0.2, 0.25) is 17.7 Å². The third kappa shape index (κ3) is 26.7. The summed E-state index contributed by atoms with van der Waals surface area (Å²) in [5, 5.41) is 16.4. The number of ether oxygens (including phenoxy) is 9. The van der Waals surface area contributed by atoms with Crippen LogP contribution in [0.25, 0.3) is 10.4 Å². The largest absolute Gasteiger partial charge is 0.379 e. The van der Waals surface area contributed by atoms with Gasteiger partial charge in [-0.15, -0.1) is 0 Å². The van der Waals surface area contributed by atoms with Crippen LogP contribution in [-0.4, -0.2) is 162 Å². The fourth-order valence-corrected chi connectivity index (χ4v) is 8.95. The molecule has 0 aliphatic carbocycles. The number of benzene rings is 5. The number of hydrogen-bond acceptors (Lipinski definition) is 14. The molecule has 83 heavy (non-hydrogen) atoms. The SMILES string of the molecule is Cc1ccc(C(NCCCC[C@H](NC(=O)[C@H](Cc2ccccc2)NC(=O)CCOCCOCCOCCOCCOCCOCCOCCOCCOCCN=[N+]=[N-])C(=O)Nc2ccc(C)cc2C)(c2ccccc2)c2ccccc2)cc1. The lowest BCUT2D eigenvalue weighted by molar-refractivity contribution is -0.131. The highest BCUT2D eigenvalue weighted by Gasteiger charge is 2.36. The molecular weight excluding hydrogens is 1060 g/mol. The predicted octanol–water partition coefficient (Wildman–Crippen LogP) is 8.36. The Morgan fingerprint density at radius 1 is 0.494 bits per heavy atom. The number of azide groups is 1. The number of nitrogens with one attached hydrogen (secondary N) is 4. The molecule has 0 aliphatic heterocycles. The molecule has 19 heteroatoms. The van der Waals surface area contributed by atoms with E-state index >= 15 is 0 Å². The van der Waals surface area contributed by atoms with Crippen LogP contribution in [-0.2, 0) is 69.0 Å². The van der Waals surface area contributed by atoms with Crippen LogP contribution in [0, 0.1) is 20.8 Å². The maximum atomic E-state index is 14.4. The molecule has 0 fully saturated rings. The van der Waals surface area contributed by atoms with Crippen LogP contribution in [0.2, 0.25) is 0 Å². The molecule has 2 atom stereocenters. The van der Waals surface area contributed by atoms with Crippen molar-refractivity contribution < 1.29 is 57.0 Å². The van der Waals surface area contributed by atoms with Gasteiger partial charge in [0.25, 0.3) is 0 Å². The molecule has 0 saturated heterocycles. The summed E-state index contributed by atoms with van der Waals surface area (Å²) in [5.41, 5.74) is 15.6. The normalized spacial score (nSPS) is 12.1. The first-order chi connectivity index (χ1) is 40.7. The van der Waals surface area contributed by atoms with E-state index < -0.39 is 23.5 Å². The minimum Gasteiger partial charge on any atom is -0.379 e. The molecule has 4 N–H and O–H groups in total. The third-order valence-electron chi connectivity index (χ3n) is 13.3. The van der Waals surface area contributed by atoms with Crippen LogP contribution >= 0.6 is 0 Å². The lowest BCUT2D eigenvalue weighted by Gasteiger charge is -2.37. The second-order valence-corrected chi connectivity index (χ2v) is 19.7. The summed E-state index contributed by atoms with van der Waals surface area (Å²) in [4.78, 5) is 44.7. The van der Waals surface area contributed by atoms with Gasteiger partial charge in [-0.05, 0) is 86.0 Å². The summed E-state index contributed by atoms with van der Waals surface area (Å²) in [6.45, 7) is 14.2. The van der Waals surface area contributed by atoms with Crippen molar-refractivity contribution in [3.63, 3.8) is 0 Å². The molecule has 3 amide bonds. The van der Waals surface area contributed by atoms with E-state index in [0.29, 0.717) is 144 Å². The van der Waals surface area contributed by atoms with E-state index in [9.17, 15) is 14.4 Å². The highest BCUT2D eigenvalue weighted by atomic mass is 16.6. The van der Waals surface area contributed by atoms with Gasteiger partial charge in [0, 0.05) is 30.0 Å². The maximum absolute atomic E-state index is 14.4. The van der Waals surface area contributed by atoms with Crippen LogP contribution in [0.15, 0.2) is 139 Å². The summed E-state index contributed by atoms with van der Waals surface area (Å²) < 4.78 is 49.6. The van der Waals surface area contributed by atoms with Crippen LogP contribution < -0.4 is 21.3 Å². The minimum absolute atomic E-state index is 0.0234. The predicted molar refractivity (Wildman–Crippen MR) is 320 cm³/mol. The van der Waals surface area contributed by atoms with Crippen molar-refractivity contribution in [3.8, 4) is 0 Å². The molecule has 0 spiro atoms. The van der Waals surface area contributed by atoms with E-state index in [1.807, 2.05) is 74.5 Å². The molecule has 0 unspecified atom stereocenters. The summed E-state index contributed by atoms with van der Waals surface area (Å²) in [6, 6.07) is 43.0. The van der Waals surface area contributed by atoms with Crippen molar-refractivity contribution in [2.45, 2.75) is 70.5 Å². The van der Waals surface area contributed by atoms with E-state index in [-0.39, 0.29) is 37.9 Å². The number of amides is 3. The van der Waals surface area contributed by atoms with Crippen LogP contribution in [0.5, 0.6) is 0 Å². The molecule has 5 rings (SSSR count). The van der Waals surface area contributed by atoms with Gasteiger partial charge in [-0.2, -0.15) is 0 Å². The Kier molecular flexibility index (Phi) is 33.5. The summed E-state index contributed by atoms with van der Waals surface area (Å²) in [6.07, 6.45) is 1.92. The lowest BCUT2D eigenvalue weighted by Crippen LogP contribution is -2.53. The van der Waals surface area contributed by atoms with Gasteiger partial charge in [0.15, 0.2) is 0 Å². The zero-order valence-electron chi connectivity index (χ0n) is 48.8. The van der Waals surface area contributed by atoms with Crippen LogP contribution in [0.4, 0.5) is 5.69 Å². The maximum Gasteiger partial charge on any atom is 0.246 e. The number of anilines is 1. The average molecular weight is 1150 g/mol. The Hall–Kier alpha value is -6.58. The third-order valence-corrected chi connectivity index (χ3v) is 13.3. The molecule has 5 aromatic carbocycles. The number of hydrogen-bond donors (Lipinski definition) is 4. The molecule has 0 aromatic heterocycles. The summed E-state index contributed by atoms with van der Waals surface area (Å²) in [5.74, 6) is -1.15. The topological polar surface area (TPSA) is 231 Å². The van der Waals surface area contributed by atoms with Gasteiger partial charge in [0.1, 0.15) is 12.1 Å². The van der Waals surface area contributed by atoms with E-state index in [1.165, 1.54) is 5.56 Å². The number of carbonyl (C=O) groups is 3. The van der Waals surface area contributed by atoms with E-state index in [2.05, 4.69) is 111 Å². The van der Waals surface area contributed by atoms with E-state index in [4.69, 9.17) is 48.2 Å². The quantitative estimate of drug-likeness (QED) is 0.00945. The monoisotopic (exact) mass is 1150 g/mol. The Bertz CT molecular complexity index is 2560. The number of unbranched alkanes of at least 4 members (excludes halogenated alkanes) is 1. The van der Waals surface area contributed by atoms with Gasteiger partial charge < -0.3 is 58.6 Å². The fraction of sp³-hybridized carbons (Fsp3) is 0.484. The van der Waals surface area contributed by atoms with Crippen molar-refractivity contribution in [2.24, 2.45) is 5.11 Å². The second-order valence-electron chi connectivity index (χ2n) is 19.7. The Morgan fingerprint density at radius 2 is 0.940 bits per heavy atom. The van der Waals surface area contributed by atoms with Gasteiger partial charge in [0.05, 0.1) is 124 Å². The molecule has 0 aliphatic rings. The molecular formula is C64H87N7O12. The molecule has 0 bridgehead atoms. The first-order valence-corrected chi connectivity index (χ1v) is 28.8. The number of carbonyl (C=O) groups excluding carboxylic acids is 3. The lowest BCUT2D eigenvalue weighted by atomic mass is 9.76. The van der Waals surface area contributed by atoms with Crippen molar-refractivity contribution in [3.05, 3.63) is 183 Å². The first-order valence-electron chi connectivity index (χ1n) is 28.8. The van der Waals surface area contributed by atoms with Gasteiger partial charge >= 0.3 is 0 Å². The molecule has 0 saturated carbocycles. The number of nitrogens with zero attached hydrogens (tertiary/aromatic N) is 3. The van der Waals surface area contributed by atoms with Crippen molar-refractivity contribution in [2.75, 3.05) is 137 Å². The second kappa shape index (κ2) is 41.4. The molecule has 450 valence electrons. The highest BCUT2D eigenvalue weighted by molar-refractivity contribution is 5.99. The Labute approximate surface area is 490 Å². The van der Waals surface area contributed by atoms with Gasteiger partial charge in [-0.3, -0.25) is 19.7 Å². The minimum atomic E-state index is -0.958. The van der Waals surface area contributed by atoms with Gasteiger partial charge in [-0.1, -0.05) is 144 Å². The van der Waals surface area contributed by atoms with Crippen molar-refractivity contribution >= 4 is 23.4 Å². The van der Waals surface area contributed by atoms with Gasteiger partial charge in [-0.25, -0.2) is 0 Å². The summed E-state index contributed by atoms with van der Waals surface area (Å²) >= 11 is 0. The number of rotatable bonds is 46. The first kappa shape index (κ1) is 67.2. The van der Waals surface area contributed by atoms with Crippen LogP contribution in [0.1, 0.15) is 64.6 Å². The fourth-order valence-electron chi connectivity index (χ4n) is 8.95. The molecule has 19 nitrogen and oxygen atoms in total. The molecule has 5 aromatic rings. The van der Waals surface area contributed by atoms with E-state index in [1.54, 1.807) is 0 Å².